The lowest BCUT2D eigenvalue weighted by Crippen LogP contribution is -2.41. The Hall–Kier alpha value is -3.22. The van der Waals surface area contributed by atoms with Crippen molar-refractivity contribution in [3.8, 4) is 10.8 Å². The number of aromatic nitrogens is 1. The number of hydrogen-bond donors (Lipinski definition) is 2. The van der Waals surface area contributed by atoms with Gasteiger partial charge < -0.3 is 14.9 Å². The van der Waals surface area contributed by atoms with Crippen molar-refractivity contribution < 1.29 is 50.9 Å². The first-order chi connectivity index (χ1) is 14.2. The van der Waals surface area contributed by atoms with Gasteiger partial charge in [0.15, 0.2) is 16.6 Å². The van der Waals surface area contributed by atoms with Gasteiger partial charge in [-0.05, 0) is 24.6 Å². The van der Waals surface area contributed by atoms with E-state index < -0.39 is 47.2 Å². The summed E-state index contributed by atoms with van der Waals surface area (Å²) in [6.45, 7) is 1.30. The molecule has 31 heavy (non-hydrogen) atoms. The number of thiophene rings is 1. The van der Waals surface area contributed by atoms with E-state index in [0.29, 0.717) is 17.4 Å². The Morgan fingerprint density at radius 3 is 2.42 bits per heavy atom. The van der Waals surface area contributed by atoms with Gasteiger partial charge in [0.05, 0.1) is 17.5 Å². The van der Waals surface area contributed by atoms with E-state index in [2.05, 4.69) is 4.74 Å². The van der Waals surface area contributed by atoms with Gasteiger partial charge in [-0.1, -0.05) is 0 Å². The Bertz CT molecular complexity index is 1200. The van der Waals surface area contributed by atoms with Crippen LogP contribution in [0.2, 0.25) is 0 Å². The summed E-state index contributed by atoms with van der Waals surface area (Å²) in [6, 6.07) is 2.73. The van der Waals surface area contributed by atoms with Gasteiger partial charge >= 0.3 is 18.3 Å². The molecule has 1 aromatic carbocycles. The number of carboxylic acid groups (broad SMARTS) is 1. The highest BCUT2D eigenvalue weighted by molar-refractivity contribution is 7.12. The zero-order chi connectivity index (χ0) is 23.3. The number of benzene rings is 1. The predicted molar refractivity (Wildman–Crippen MR) is 95.3 cm³/mol. The van der Waals surface area contributed by atoms with Crippen LogP contribution in [0.1, 0.15) is 21.6 Å². The molecule has 3 aromatic rings. The second-order valence-corrected chi connectivity index (χ2v) is 7.21. The summed E-state index contributed by atoms with van der Waals surface area (Å²) in [5.74, 6) is -4.25. The molecule has 2 aromatic heterocycles. The molecule has 0 radical (unpaired) electrons. The Morgan fingerprint density at radius 1 is 1.19 bits per heavy atom. The van der Waals surface area contributed by atoms with Crippen molar-refractivity contribution >= 4 is 34.1 Å². The highest BCUT2D eigenvalue weighted by Crippen LogP contribution is 2.40. The minimum absolute atomic E-state index is 0.0128. The maximum Gasteiger partial charge on any atom is 0.499 e. The number of carboxylic acids is 1. The number of carbonyl (C=O) groups is 2. The van der Waals surface area contributed by atoms with E-state index in [4.69, 9.17) is 5.11 Å². The summed E-state index contributed by atoms with van der Waals surface area (Å²) in [6.07, 6.45) is -12.2. The Morgan fingerprint density at radius 2 is 1.84 bits per heavy atom. The normalized spacial score (nSPS) is 12.4. The highest BCUT2D eigenvalue weighted by atomic mass is 32.1. The van der Waals surface area contributed by atoms with Gasteiger partial charge in [0.2, 0.25) is 0 Å². The highest BCUT2D eigenvalue weighted by Gasteiger charge is 2.61. The minimum atomic E-state index is -5.97. The molecular formula is C18H11F6NO5S. The number of alkyl halides is 5. The molecule has 6 nitrogen and oxygen atoms in total. The van der Waals surface area contributed by atoms with Crippen LogP contribution in [0.5, 0.6) is 10.8 Å². The number of fused-ring (bicyclic) bond motifs is 1. The van der Waals surface area contributed by atoms with Gasteiger partial charge in [0.25, 0.3) is 5.91 Å². The van der Waals surface area contributed by atoms with Crippen molar-refractivity contribution in [2.24, 2.45) is 0 Å². The number of aliphatic carboxylic acids is 1. The first kappa shape index (κ1) is 22.5. The molecule has 0 atom stereocenters. The molecule has 13 heteroatoms. The van der Waals surface area contributed by atoms with Gasteiger partial charge in [0.1, 0.15) is 0 Å². The zero-order valence-electron chi connectivity index (χ0n) is 15.3. The lowest BCUT2D eigenvalue weighted by Gasteiger charge is -2.18. The third-order valence-corrected chi connectivity index (χ3v) is 5.13. The molecule has 2 heterocycles. The molecule has 0 amide bonds. The topological polar surface area (TPSA) is 88.8 Å². The van der Waals surface area contributed by atoms with Gasteiger partial charge in [-0.2, -0.15) is 22.0 Å². The van der Waals surface area contributed by atoms with Crippen molar-refractivity contribution in [3.63, 3.8) is 0 Å². The molecule has 3 rings (SSSR count). The number of nitrogens with zero attached hydrogens (tertiary/aromatic N) is 1. The smallest absolute Gasteiger partial charge is 0.499 e. The average molecular weight is 467 g/mol. The fourth-order valence-electron chi connectivity index (χ4n) is 2.95. The molecule has 0 aliphatic carbocycles. The molecule has 166 valence electrons. The van der Waals surface area contributed by atoms with Crippen LogP contribution in [0.25, 0.3) is 10.9 Å². The van der Waals surface area contributed by atoms with Crippen LogP contribution in [0, 0.1) is 12.7 Å². The molecule has 0 bridgehead atoms. The monoisotopic (exact) mass is 467 g/mol. The Kier molecular flexibility index (Phi) is 5.42. The number of halogens is 6. The quantitative estimate of drug-likeness (QED) is 0.531. The van der Waals surface area contributed by atoms with Crippen molar-refractivity contribution in [3.05, 3.63) is 46.2 Å². The van der Waals surface area contributed by atoms with Crippen LogP contribution in [-0.4, -0.2) is 38.9 Å². The molecular weight excluding hydrogens is 456 g/mol. The fraction of sp³-hybridized carbons (Fsp3) is 0.222. The molecule has 0 aliphatic heterocycles. The third kappa shape index (κ3) is 3.92. The molecule has 0 fully saturated rings. The second kappa shape index (κ2) is 7.48. The number of hydrogen-bond acceptors (Lipinski definition) is 5. The lowest BCUT2D eigenvalue weighted by atomic mass is 10.1. The van der Waals surface area contributed by atoms with Gasteiger partial charge in [-0.15, -0.1) is 11.3 Å². The Labute approximate surface area is 172 Å². The molecule has 0 spiro atoms. The van der Waals surface area contributed by atoms with E-state index in [9.17, 15) is 41.0 Å². The molecule has 2 N–H and O–H groups in total. The van der Waals surface area contributed by atoms with Crippen LogP contribution < -0.4 is 4.74 Å². The maximum absolute atomic E-state index is 14.5. The summed E-state index contributed by atoms with van der Waals surface area (Å²) < 4.78 is 82.1. The second-order valence-electron chi connectivity index (χ2n) is 6.34. The first-order valence-corrected chi connectivity index (χ1v) is 9.12. The van der Waals surface area contributed by atoms with E-state index in [0.717, 1.165) is 22.1 Å². The van der Waals surface area contributed by atoms with Crippen molar-refractivity contribution in [1.29, 1.82) is 0 Å². The van der Waals surface area contributed by atoms with Crippen LogP contribution in [-0.2, 0) is 11.2 Å². The summed E-state index contributed by atoms with van der Waals surface area (Å²) in [5, 5.41) is 18.4. The number of ether oxygens (including phenoxy) is 1. The van der Waals surface area contributed by atoms with Crippen LogP contribution >= 0.6 is 11.3 Å². The number of carbonyl (C=O) groups excluding carboxylic acids is 1. The van der Waals surface area contributed by atoms with Crippen molar-refractivity contribution in [2.75, 3.05) is 0 Å². The van der Waals surface area contributed by atoms with E-state index in [1.165, 1.54) is 6.92 Å². The lowest BCUT2D eigenvalue weighted by molar-refractivity contribution is -0.359. The summed E-state index contributed by atoms with van der Waals surface area (Å²) in [5.41, 5.74) is -0.600. The third-order valence-electron chi connectivity index (χ3n) is 4.33. The van der Waals surface area contributed by atoms with Crippen molar-refractivity contribution in [1.82, 2.24) is 4.57 Å². The van der Waals surface area contributed by atoms with Gasteiger partial charge in [-0.25, -0.2) is 4.39 Å². The number of rotatable bonds is 5. The first-order valence-electron chi connectivity index (χ1n) is 8.24. The maximum atomic E-state index is 14.5. The van der Waals surface area contributed by atoms with E-state index in [-0.39, 0.29) is 27.7 Å². The van der Waals surface area contributed by atoms with Gasteiger partial charge in [-0.3, -0.25) is 14.2 Å². The molecule has 0 aliphatic rings. The van der Waals surface area contributed by atoms with Crippen LogP contribution in [0.3, 0.4) is 0 Å². The minimum Gasteiger partial charge on any atom is -0.505 e. The summed E-state index contributed by atoms with van der Waals surface area (Å²) >= 11 is 0.305. The number of phenolic OH excluding ortho intramolecular Hbond substituents is 1. The summed E-state index contributed by atoms with van der Waals surface area (Å²) in [7, 11) is 0. The molecule has 0 saturated heterocycles. The van der Waals surface area contributed by atoms with E-state index in [1.807, 2.05) is 0 Å². The average Bonchev–Trinajstić information content (AvgIpc) is 3.19. The molecule has 0 unspecified atom stereocenters. The van der Waals surface area contributed by atoms with E-state index >= 15 is 0 Å². The SMILES string of the molecule is Cc1c(CC(=O)O)c2c(F)c(O)ccc2n1C(=O)c1csc(OC(F)(F)C(F)(F)F)c1. The number of aromatic hydroxyl groups is 1. The number of phenols is 1. The van der Waals surface area contributed by atoms with E-state index in [1.54, 1.807) is 0 Å². The fourth-order valence-corrected chi connectivity index (χ4v) is 3.71. The Balaban J connectivity index is 2.08. The van der Waals surface area contributed by atoms with Gasteiger partial charge in [0, 0.05) is 22.5 Å². The zero-order valence-corrected chi connectivity index (χ0v) is 16.1. The van der Waals surface area contributed by atoms with Crippen LogP contribution in [0.15, 0.2) is 23.6 Å². The predicted octanol–water partition coefficient (Wildman–Crippen LogP) is 4.71. The standard InChI is InChI=1S/C18H11F6NO5S/c1-7-9(5-12(27)28)14-10(2-3-11(26)15(14)19)25(7)16(29)8-4-13(31-6-8)30-18(23,24)17(20,21)22/h2-4,6,26H,5H2,1H3,(H,27,28). The van der Waals surface area contributed by atoms with Crippen molar-refractivity contribution in [2.45, 2.75) is 25.6 Å². The summed E-state index contributed by atoms with van der Waals surface area (Å²) in [4.78, 5) is 24.1. The van der Waals surface area contributed by atoms with Crippen LogP contribution in [0.4, 0.5) is 26.3 Å². The molecule has 0 saturated carbocycles. The largest absolute Gasteiger partial charge is 0.505 e.